The number of halogens is 2. The lowest BCUT2D eigenvalue weighted by Crippen LogP contribution is -2.45. The highest BCUT2D eigenvalue weighted by atomic mass is 19.1. The first-order valence-corrected chi connectivity index (χ1v) is 20.6. The Balaban J connectivity index is 0.000000247. The number of likely N-dealkylation sites (N-methyl/N-ethyl adjacent to an activating group) is 2. The van der Waals surface area contributed by atoms with Gasteiger partial charge < -0.3 is 45.5 Å². The van der Waals surface area contributed by atoms with Crippen molar-refractivity contribution in [3.05, 3.63) is 127 Å². The number of benzene rings is 2. The van der Waals surface area contributed by atoms with Crippen LogP contribution in [-0.2, 0) is 40.3 Å². The molecule has 4 aromatic heterocycles. The molecular formula is C47H51F2N7O12. The van der Waals surface area contributed by atoms with Crippen LogP contribution in [0.3, 0.4) is 0 Å². The molecule has 2 atom stereocenters. The second kappa shape index (κ2) is 21.6. The molecule has 360 valence electrons. The van der Waals surface area contributed by atoms with Crippen LogP contribution in [0.15, 0.2) is 70.5 Å². The fourth-order valence-electron chi connectivity index (χ4n) is 7.56. The average Bonchev–Trinajstić information content (AvgIpc) is 3.31. The van der Waals surface area contributed by atoms with Gasteiger partial charge in [0.15, 0.2) is 40.8 Å². The van der Waals surface area contributed by atoms with Crippen molar-refractivity contribution >= 4 is 45.8 Å². The van der Waals surface area contributed by atoms with E-state index in [2.05, 4.69) is 25.9 Å². The molecule has 6 heterocycles. The Morgan fingerprint density at radius 3 is 1.57 bits per heavy atom. The topological polar surface area (TPSA) is 263 Å². The van der Waals surface area contributed by atoms with Gasteiger partial charge in [-0.15, -0.1) is 0 Å². The zero-order chi connectivity index (χ0) is 47.4. The summed E-state index contributed by atoms with van der Waals surface area (Å²) >= 11 is 0. The second-order valence-corrected chi connectivity index (χ2v) is 15.0. The molecule has 0 unspecified atom stereocenters. The minimum Gasteiger partial charge on any atom is -0.505 e. The Kier molecular flexibility index (Phi) is 16.2. The maximum absolute atomic E-state index is 13.3. The number of carbonyl (C=O) groups is 4. The summed E-state index contributed by atoms with van der Waals surface area (Å²) < 4.78 is 45.8. The molecule has 0 spiro atoms. The number of carbonyl (C=O) groups excluding carboxylic acids is 4. The molecule has 2 aliphatic heterocycles. The van der Waals surface area contributed by atoms with E-state index in [-0.39, 0.29) is 112 Å². The lowest BCUT2D eigenvalue weighted by Gasteiger charge is -2.28. The Morgan fingerprint density at radius 1 is 0.735 bits per heavy atom. The van der Waals surface area contributed by atoms with E-state index in [9.17, 15) is 47.8 Å². The van der Waals surface area contributed by atoms with Crippen LogP contribution in [0.5, 0.6) is 23.0 Å². The maximum atomic E-state index is 13.3. The lowest BCUT2D eigenvalue weighted by atomic mass is 10.0. The normalized spacial score (nSPS) is 14.1. The van der Waals surface area contributed by atoms with Crippen LogP contribution in [0.4, 0.5) is 8.78 Å². The van der Waals surface area contributed by atoms with E-state index in [1.807, 2.05) is 0 Å². The van der Waals surface area contributed by atoms with Crippen molar-refractivity contribution < 1.29 is 57.5 Å². The molecule has 0 saturated heterocycles. The number of rotatable bonds is 12. The van der Waals surface area contributed by atoms with Gasteiger partial charge in [-0.05, 0) is 48.7 Å². The summed E-state index contributed by atoms with van der Waals surface area (Å²) in [4.78, 5) is 84.7. The first-order chi connectivity index (χ1) is 31.7. The summed E-state index contributed by atoms with van der Waals surface area (Å²) in [5.74, 6) is -4.37. The monoisotopic (exact) mass is 943 g/mol. The van der Waals surface area contributed by atoms with Crippen LogP contribution in [0.25, 0.3) is 22.1 Å². The van der Waals surface area contributed by atoms with Crippen LogP contribution in [-0.4, -0.2) is 104 Å². The Labute approximate surface area is 387 Å². The molecular weight excluding hydrogens is 893 g/mol. The highest BCUT2D eigenvalue weighted by molar-refractivity contribution is 6.03. The molecule has 0 aliphatic carbocycles. The SMILES string of the molecule is C.C.CCOC(=O)c1c(O)c2ncc(Cc3ccc(F)cc3)c3c2n(c1=O)C[C@@H](C(=O)NC)O3.CNC(=O)[C@@H]1Cn2c(=O)c(C(=O)NCCCO)c(O)c3ncc(Cc4ccc(F)cc4)c(c32)O1. The van der Waals surface area contributed by atoms with E-state index in [0.29, 0.717) is 11.1 Å². The van der Waals surface area contributed by atoms with Gasteiger partial charge >= 0.3 is 5.97 Å². The van der Waals surface area contributed by atoms with E-state index >= 15 is 0 Å². The van der Waals surface area contributed by atoms with Gasteiger partial charge in [0.2, 0.25) is 0 Å². The number of aliphatic hydroxyl groups excluding tert-OH is 1. The maximum Gasteiger partial charge on any atom is 0.347 e. The van der Waals surface area contributed by atoms with Gasteiger partial charge in [-0.2, -0.15) is 0 Å². The number of pyridine rings is 4. The van der Waals surface area contributed by atoms with E-state index in [0.717, 1.165) is 11.1 Å². The fourth-order valence-corrected chi connectivity index (χ4v) is 7.56. The van der Waals surface area contributed by atoms with Gasteiger partial charge in [0.05, 0.1) is 19.7 Å². The largest absolute Gasteiger partial charge is 0.505 e. The number of aromatic hydroxyl groups is 2. The quantitative estimate of drug-likeness (QED) is 0.0761. The summed E-state index contributed by atoms with van der Waals surface area (Å²) in [6, 6.07) is 11.6. The number of nitrogens with one attached hydrogen (secondary N) is 3. The highest BCUT2D eigenvalue weighted by Crippen LogP contribution is 2.39. The molecule has 0 saturated carbocycles. The summed E-state index contributed by atoms with van der Waals surface area (Å²) in [5.41, 5.74) is 0.121. The number of hydrogen-bond donors (Lipinski definition) is 6. The van der Waals surface area contributed by atoms with Crippen LogP contribution in [0, 0.1) is 11.6 Å². The van der Waals surface area contributed by atoms with Gasteiger partial charge in [0, 0.05) is 63.6 Å². The minimum atomic E-state index is -1.07. The van der Waals surface area contributed by atoms with Crippen molar-refractivity contribution in [3.8, 4) is 23.0 Å². The molecule has 68 heavy (non-hydrogen) atoms. The van der Waals surface area contributed by atoms with Crippen LogP contribution in [0.2, 0.25) is 0 Å². The number of esters is 1. The molecule has 0 fully saturated rings. The van der Waals surface area contributed by atoms with Crippen LogP contribution >= 0.6 is 0 Å². The Hall–Kier alpha value is -7.94. The molecule has 2 aromatic carbocycles. The highest BCUT2D eigenvalue weighted by Gasteiger charge is 2.36. The van der Waals surface area contributed by atoms with Crippen LogP contribution < -0.4 is 36.5 Å². The third kappa shape index (κ3) is 9.92. The summed E-state index contributed by atoms with van der Waals surface area (Å²) in [6.45, 7) is 1.16. The first kappa shape index (κ1) is 51.1. The van der Waals surface area contributed by atoms with Gasteiger partial charge in [-0.25, -0.2) is 13.6 Å². The molecule has 8 rings (SSSR count). The molecule has 21 heteroatoms. The van der Waals surface area contributed by atoms with E-state index in [4.69, 9.17) is 19.3 Å². The van der Waals surface area contributed by atoms with Crippen molar-refractivity contribution in [2.75, 3.05) is 33.9 Å². The van der Waals surface area contributed by atoms with Gasteiger partial charge in [-0.1, -0.05) is 39.1 Å². The summed E-state index contributed by atoms with van der Waals surface area (Å²) in [5, 5.41) is 37.8. The van der Waals surface area contributed by atoms with Crippen molar-refractivity contribution in [1.82, 2.24) is 35.1 Å². The standard InChI is InChI=1S/C23H23FN4O6.C22H20FN3O6.2CH4/c1-25-21(31)15-11-28-18-17(19(30)16(23(28)33)22(32)26-7-2-8-29)27-10-13(20(18)34-15)9-12-3-5-14(24)6-4-12;1-3-31-22(30)15-18(27)16-17-19(32-14(20(28)24-2)10-26(17)21(15)29)12(9-25-16)8-11-4-6-13(23)7-5-11;;/h3-6,10,15,29-30H,2,7-9,11H2,1H3,(H,25,31)(H,26,32);4-7,9,14,27H,3,8,10H2,1-2H3,(H,24,28);2*1H4/t15-;14-;;/m00../s1. The molecule has 2 aliphatic rings. The first-order valence-electron chi connectivity index (χ1n) is 20.6. The number of aromatic nitrogens is 4. The fraction of sp³-hybridized carbons (Fsp3) is 0.319. The minimum absolute atomic E-state index is 0. The molecule has 0 radical (unpaired) electrons. The predicted molar refractivity (Wildman–Crippen MR) is 244 cm³/mol. The van der Waals surface area contributed by atoms with E-state index in [1.165, 1.54) is 59.9 Å². The smallest absolute Gasteiger partial charge is 0.347 e. The van der Waals surface area contributed by atoms with Crippen molar-refractivity contribution in [2.24, 2.45) is 0 Å². The number of aliphatic hydroxyl groups is 1. The van der Waals surface area contributed by atoms with Gasteiger partial charge in [-0.3, -0.25) is 43.1 Å². The lowest BCUT2D eigenvalue weighted by molar-refractivity contribution is -0.129. The number of ether oxygens (including phenoxy) is 3. The van der Waals surface area contributed by atoms with Crippen molar-refractivity contribution in [2.45, 2.75) is 66.3 Å². The van der Waals surface area contributed by atoms with Gasteiger partial charge in [0.1, 0.15) is 39.3 Å². The summed E-state index contributed by atoms with van der Waals surface area (Å²) in [6.07, 6.45) is 1.54. The van der Waals surface area contributed by atoms with Gasteiger partial charge in [0.25, 0.3) is 28.8 Å². The average molecular weight is 944 g/mol. The zero-order valence-corrected chi connectivity index (χ0v) is 35.6. The van der Waals surface area contributed by atoms with Crippen LogP contribution in [0.1, 0.15) is 71.2 Å². The van der Waals surface area contributed by atoms with E-state index in [1.54, 1.807) is 31.2 Å². The Morgan fingerprint density at radius 2 is 1.16 bits per heavy atom. The van der Waals surface area contributed by atoms with Crippen molar-refractivity contribution in [1.29, 1.82) is 0 Å². The number of hydrogen-bond acceptors (Lipinski definition) is 14. The molecule has 6 N–H and O–H groups in total. The Bertz CT molecular complexity index is 3010. The van der Waals surface area contributed by atoms with Crippen molar-refractivity contribution in [3.63, 3.8) is 0 Å². The molecule has 6 aromatic rings. The molecule has 3 amide bonds. The molecule has 19 nitrogen and oxygen atoms in total. The zero-order valence-electron chi connectivity index (χ0n) is 35.6. The number of nitrogens with zero attached hydrogens (tertiary/aromatic N) is 4. The van der Waals surface area contributed by atoms with E-state index < -0.39 is 69.6 Å². The molecule has 0 bridgehead atoms. The third-order valence-corrected chi connectivity index (χ3v) is 10.8. The number of amides is 3. The second-order valence-electron chi connectivity index (χ2n) is 15.0. The third-order valence-electron chi connectivity index (χ3n) is 10.8. The predicted octanol–water partition coefficient (Wildman–Crippen LogP) is 3.24. The summed E-state index contributed by atoms with van der Waals surface area (Å²) in [7, 11) is 2.87.